The highest BCUT2D eigenvalue weighted by Gasteiger charge is 2.25. The molecule has 1 fully saturated rings. The van der Waals surface area contributed by atoms with Gasteiger partial charge in [0.2, 0.25) is 5.91 Å². The number of aromatic nitrogens is 5. The number of hydrogen-bond donors (Lipinski definition) is 0. The van der Waals surface area contributed by atoms with Crippen molar-refractivity contribution < 1.29 is 4.79 Å². The number of fused-ring (bicyclic) bond motifs is 1. The second-order valence-corrected chi connectivity index (χ2v) is 6.77. The maximum absolute atomic E-state index is 12.6. The number of rotatable bonds is 5. The molecule has 0 spiro atoms. The Balaban J connectivity index is 1.34. The highest BCUT2D eigenvalue weighted by Crippen LogP contribution is 2.28. The number of carbonyl (C=O) groups excluding carboxylic acids is 1. The monoisotopic (exact) mass is 352 g/mol. The van der Waals surface area contributed by atoms with Crippen molar-refractivity contribution in [3.05, 3.63) is 48.4 Å². The Kier molecular flexibility index (Phi) is 4.69. The summed E-state index contributed by atoms with van der Waals surface area (Å²) in [5.74, 6) is 1.69. The molecule has 4 rings (SSSR count). The van der Waals surface area contributed by atoms with Crippen LogP contribution in [0, 0.1) is 0 Å². The van der Waals surface area contributed by atoms with Crippen LogP contribution in [0.1, 0.15) is 43.6 Å². The van der Waals surface area contributed by atoms with Crippen molar-refractivity contribution in [2.75, 3.05) is 13.1 Å². The van der Waals surface area contributed by atoms with Crippen LogP contribution in [0.3, 0.4) is 0 Å². The average Bonchev–Trinajstić information content (AvgIpc) is 3.34. The van der Waals surface area contributed by atoms with Gasteiger partial charge in [-0.05, 0) is 18.9 Å². The Morgan fingerprint density at radius 1 is 1.15 bits per heavy atom. The Morgan fingerprint density at radius 2 is 2.00 bits per heavy atom. The van der Waals surface area contributed by atoms with E-state index < -0.39 is 0 Å². The minimum Gasteiger partial charge on any atom is -0.343 e. The number of nitrogens with zero attached hydrogens (tertiary/aromatic N) is 6. The summed E-state index contributed by atoms with van der Waals surface area (Å²) in [6.45, 7) is 4.40. The molecule has 1 amide bonds. The third-order valence-electron chi connectivity index (χ3n) is 5.27. The lowest BCUT2D eigenvalue weighted by Crippen LogP contribution is -2.38. The van der Waals surface area contributed by atoms with Gasteiger partial charge in [-0.15, -0.1) is 0 Å². The first-order valence-electron chi connectivity index (χ1n) is 9.32. The van der Waals surface area contributed by atoms with E-state index in [1.54, 1.807) is 12.4 Å². The van der Waals surface area contributed by atoms with Gasteiger partial charge in [0.25, 0.3) is 0 Å². The molecule has 0 bridgehead atoms. The molecule has 0 aliphatic carbocycles. The summed E-state index contributed by atoms with van der Waals surface area (Å²) >= 11 is 0. The molecule has 4 heterocycles. The Labute approximate surface area is 152 Å². The molecule has 3 aromatic rings. The van der Waals surface area contributed by atoms with Crippen molar-refractivity contribution in [3.63, 3.8) is 0 Å². The number of amides is 1. The molecule has 1 aliphatic heterocycles. The fourth-order valence-corrected chi connectivity index (χ4v) is 3.82. The van der Waals surface area contributed by atoms with Crippen molar-refractivity contribution in [2.24, 2.45) is 0 Å². The molecule has 0 aromatic carbocycles. The van der Waals surface area contributed by atoms with E-state index in [-0.39, 0.29) is 5.91 Å². The molecule has 0 atom stereocenters. The summed E-state index contributed by atoms with van der Waals surface area (Å²) in [4.78, 5) is 23.2. The van der Waals surface area contributed by atoms with Crippen LogP contribution in [0.25, 0.3) is 5.65 Å². The van der Waals surface area contributed by atoms with Crippen molar-refractivity contribution >= 4 is 11.6 Å². The smallest absolute Gasteiger partial charge is 0.224 e. The Hall–Kier alpha value is -2.70. The zero-order valence-corrected chi connectivity index (χ0v) is 15.1. The summed E-state index contributed by atoms with van der Waals surface area (Å²) in [6, 6.07) is 3.97. The van der Waals surface area contributed by atoms with Gasteiger partial charge in [-0.2, -0.15) is 5.10 Å². The van der Waals surface area contributed by atoms with Crippen LogP contribution in [-0.4, -0.2) is 48.0 Å². The summed E-state index contributed by atoms with van der Waals surface area (Å²) in [7, 11) is 0. The number of likely N-dealkylation sites (tertiary alicyclic amines) is 1. The SMILES string of the molecule is CCc1nccn1CCC(=O)N1CCC(c2ccnc3ccnn23)CC1. The molecule has 0 radical (unpaired) electrons. The quantitative estimate of drug-likeness (QED) is 0.706. The average molecular weight is 352 g/mol. The van der Waals surface area contributed by atoms with E-state index in [0.717, 1.165) is 43.8 Å². The van der Waals surface area contributed by atoms with Crippen LogP contribution in [0.2, 0.25) is 0 Å². The van der Waals surface area contributed by atoms with Crippen LogP contribution < -0.4 is 0 Å². The third-order valence-corrected chi connectivity index (χ3v) is 5.27. The fraction of sp³-hybridized carbons (Fsp3) is 0.474. The lowest BCUT2D eigenvalue weighted by molar-refractivity contribution is -0.132. The number of piperidine rings is 1. The van der Waals surface area contributed by atoms with Gasteiger partial charge in [-0.1, -0.05) is 6.92 Å². The number of aryl methyl sites for hydroxylation is 2. The molecule has 0 unspecified atom stereocenters. The van der Waals surface area contributed by atoms with E-state index >= 15 is 0 Å². The molecule has 1 aliphatic rings. The van der Waals surface area contributed by atoms with Crippen LogP contribution in [-0.2, 0) is 17.8 Å². The maximum Gasteiger partial charge on any atom is 0.224 e. The number of carbonyl (C=O) groups is 1. The van der Waals surface area contributed by atoms with Gasteiger partial charge >= 0.3 is 0 Å². The molecule has 0 N–H and O–H groups in total. The highest BCUT2D eigenvalue weighted by molar-refractivity contribution is 5.76. The zero-order valence-electron chi connectivity index (χ0n) is 15.1. The second kappa shape index (κ2) is 7.27. The van der Waals surface area contributed by atoms with Gasteiger partial charge in [0.05, 0.1) is 6.20 Å². The van der Waals surface area contributed by atoms with Gasteiger partial charge in [0.1, 0.15) is 5.82 Å². The van der Waals surface area contributed by atoms with Crippen LogP contribution in [0.4, 0.5) is 0 Å². The predicted molar refractivity (Wildman–Crippen MR) is 97.8 cm³/mol. The molecular formula is C19H24N6O. The van der Waals surface area contributed by atoms with Crippen molar-refractivity contribution in [2.45, 2.75) is 45.1 Å². The fourth-order valence-electron chi connectivity index (χ4n) is 3.82. The lowest BCUT2D eigenvalue weighted by Gasteiger charge is -2.32. The summed E-state index contributed by atoms with van der Waals surface area (Å²) in [6.07, 6.45) is 10.8. The van der Waals surface area contributed by atoms with E-state index in [4.69, 9.17) is 0 Å². The largest absolute Gasteiger partial charge is 0.343 e. The minimum absolute atomic E-state index is 0.234. The topological polar surface area (TPSA) is 68.3 Å². The van der Waals surface area contributed by atoms with E-state index in [0.29, 0.717) is 18.9 Å². The van der Waals surface area contributed by atoms with Gasteiger partial charge in [0.15, 0.2) is 5.65 Å². The van der Waals surface area contributed by atoms with Gasteiger partial charge in [0, 0.05) is 68.7 Å². The minimum atomic E-state index is 0.234. The van der Waals surface area contributed by atoms with E-state index in [9.17, 15) is 4.79 Å². The molecule has 7 heteroatoms. The van der Waals surface area contributed by atoms with Crippen molar-refractivity contribution in [1.29, 1.82) is 0 Å². The molecule has 0 saturated carbocycles. The Morgan fingerprint density at radius 3 is 2.81 bits per heavy atom. The summed E-state index contributed by atoms with van der Waals surface area (Å²) in [5.41, 5.74) is 2.08. The summed E-state index contributed by atoms with van der Waals surface area (Å²) in [5, 5.41) is 4.39. The van der Waals surface area contributed by atoms with Crippen molar-refractivity contribution in [3.8, 4) is 0 Å². The van der Waals surface area contributed by atoms with Crippen LogP contribution in [0.5, 0.6) is 0 Å². The molecule has 1 saturated heterocycles. The highest BCUT2D eigenvalue weighted by atomic mass is 16.2. The lowest BCUT2D eigenvalue weighted by atomic mass is 9.93. The summed E-state index contributed by atoms with van der Waals surface area (Å²) < 4.78 is 4.00. The standard InChI is InChI=1S/C19H24N6O/c1-2-17-21-10-14-23(17)13-7-19(26)24-11-5-15(6-12-24)16-3-8-20-18-4-9-22-25(16)18/h3-4,8-10,14-15H,2,5-7,11-13H2,1H3. The molecular weight excluding hydrogens is 328 g/mol. The second-order valence-electron chi connectivity index (χ2n) is 6.77. The van der Waals surface area contributed by atoms with Crippen LogP contribution >= 0.6 is 0 Å². The molecule has 136 valence electrons. The van der Waals surface area contributed by atoms with Crippen LogP contribution in [0.15, 0.2) is 36.9 Å². The molecule has 3 aromatic heterocycles. The third kappa shape index (κ3) is 3.21. The molecule has 7 nitrogen and oxygen atoms in total. The normalized spacial score (nSPS) is 15.7. The maximum atomic E-state index is 12.6. The zero-order chi connectivity index (χ0) is 17.9. The van der Waals surface area contributed by atoms with Gasteiger partial charge in [-0.3, -0.25) is 4.79 Å². The van der Waals surface area contributed by atoms with Crippen molar-refractivity contribution in [1.82, 2.24) is 29.0 Å². The number of hydrogen-bond acceptors (Lipinski definition) is 4. The predicted octanol–water partition coefficient (Wildman–Crippen LogP) is 2.28. The number of imidazole rings is 1. The van der Waals surface area contributed by atoms with Gasteiger partial charge < -0.3 is 9.47 Å². The van der Waals surface area contributed by atoms with E-state index in [1.807, 2.05) is 33.9 Å². The Bertz CT molecular complexity index is 890. The van der Waals surface area contributed by atoms with E-state index in [2.05, 4.69) is 26.6 Å². The van der Waals surface area contributed by atoms with E-state index in [1.165, 1.54) is 5.69 Å². The first-order valence-corrected chi connectivity index (χ1v) is 9.32. The first kappa shape index (κ1) is 16.8. The van der Waals surface area contributed by atoms with Gasteiger partial charge in [-0.25, -0.2) is 14.5 Å². The molecule has 26 heavy (non-hydrogen) atoms. The first-order chi connectivity index (χ1) is 12.8.